The van der Waals surface area contributed by atoms with Gasteiger partial charge in [0.25, 0.3) is 5.24 Å². The van der Waals surface area contributed by atoms with Crippen molar-refractivity contribution < 1.29 is 19.2 Å². The van der Waals surface area contributed by atoms with Crippen LogP contribution < -0.4 is 10.2 Å². The van der Waals surface area contributed by atoms with E-state index in [0.29, 0.717) is 13.0 Å². The lowest BCUT2D eigenvalue weighted by Gasteiger charge is -2.37. The van der Waals surface area contributed by atoms with E-state index in [1.165, 1.54) is 4.90 Å². The summed E-state index contributed by atoms with van der Waals surface area (Å²) in [6, 6.07) is 5.35. The molecule has 3 fully saturated rings. The van der Waals surface area contributed by atoms with Gasteiger partial charge in [0.1, 0.15) is 0 Å². The molecule has 0 spiro atoms. The fourth-order valence-corrected chi connectivity index (χ4v) is 5.36. The first-order valence-electron chi connectivity index (χ1n) is 10.5. The van der Waals surface area contributed by atoms with E-state index in [2.05, 4.69) is 5.32 Å². The lowest BCUT2D eigenvalue weighted by Crippen LogP contribution is -2.55. The Bertz CT molecular complexity index is 886. The van der Waals surface area contributed by atoms with Gasteiger partial charge in [0.2, 0.25) is 17.7 Å². The minimum Gasteiger partial charge on any atom is -0.351 e. The molecule has 1 aromatic carbocycles. The van der Waals surface area contributed by atoms with Gasteiger partial charge in [0, 0.05) is 24.7 Å². The van der Waals surface area contributed by atoms with Crippen molar-refractivity contribution in [1.82, 2.24) is 10.2 Å². The van der Waals surface area contributed by atoms with Crippen LogP contribution in [0.4, 0.5) is 10.5 Å². The molecule has 0 bridgehead atoms. The zero-order valence-electron chi connectivity index (χ0n) is 17.3. The number of aryl methyl sites for hydroxylation is 2. The number of amides is 4. The van der Waals surface area contributed by atoms with Crippen LogP contribution in [0.5, 0.6) is 0 Å². The molecule has 0 aromatic heterocycles. The SMILES string of the molecule is Cc1ccc(N2CC(C(=O)NC3CCCCC3N3C(=O)CSC3=O)CC2=O)cc1C. The van der Waals surface area contributed by atoms with E-state index < -0.39 is 5.92 Å². The Morgan fingerprint density at radius 1 is 1.07 bits per heavy atom. The first-order valence-corrected chi connectivity index (χ1v) is 11.5. The number of imide groups is 1. The number of carbonyl (C=O) groups excluding carboxylic acids is 4. The second-order valence-corrected chi connectivity index (χ2v) is 9.39. The lowest BCUT2D eigenvalue weighted by atomic mass is 9.88. The average Bonchev–Trinajstić information content (AvgIpc) is 3.27. The maximum absolute atomic E-state index is 13.0. The number of hydrogen-bond acceptors (Lipinski definition) is 5. The van der Waals surface area contributed by atoms with Crippen LogP contribution in [0, 0.1) is 19.8 Å². The zero-order valence-corrected chi connectivity index (χ0v) is 18.2. The number of nitrogens with zero attached hydrogens (tertiary/aromatic N) is 2. The van der Waals surface area contributed by atoms with Gasteiger partial charge in [-0.15, -0.1) is 0 Å². The molecule has 0 radical (unpaired) electrons. The zero-order chi connectivity index (χ0) is 21.4. The molecule has 1 aromatic rings. The summed E-state index contributed by atoms with van der Waals surface area (Å²) in [5, 5.41) is 2.85. The fourth-order valence-electron chi connectivity index (χ4n) is 4.60. The molecule has 7 nitrogen and oxygen atoms in total. The summed E-state index contributed by atoms with van der Waals surface area (Å²) >= 11 is 1.03. The molecule has 3 atom stereocenters. The molecule has 2 saturated heterocycles. The van der Waals surface area contributed by atoms with Crippen molar-refractivity contribution in [1.29, 1.82) is 0 Å². The number of benzene rings is 1. The van der Waals surface area contributed by atoms with Gasteiger partial charge in [-0.05, 0) is 49.9 Å². The summed E-state index contributed by atoms with van der Waals surface area (Å²) in [5.41, 5.74) is 3.09. The number of carbonyl (C=O) groups is 4. The molecule has 30 heavy (non-hydrogen) atoms. The standard InChI is InChI=1S/C22H27N3O4S/c1-13-7-8-16(9-14(13)2)24-11-15(10-19(24)26)21(28)23-17-5-3-4-6-18(17)25-20(27)12-30-22(25)29/h7-9,15,17-18H,3-6,10-12H2,1-2H3,(H,23,28). The highest BCUT2D eigenvalue weighted by Crippen LogP contribution is 2.31. The van der Waals surface area contributed by atoms with Crippen molar-refractivity contribution in [2.75, 3.05) is 17.2 Å². The van der Waals surface area contributed by atoms with Crippen molar-refractivity contribution >= 4 is 40.4 Å². The second kappa shape index (κ2) is 8.41. The van der Waals surface area contributed by atoms with E-state index >= 15 is 0 Å². The predicted molar refractivity (Wildman–Crippen MR) is 115 cm³/mol. The molecule has 4 rings (SSSR count). The number of nitrogens with one attached hydrogen (secondary N) is 1. The van der Waals surface area contributed by atoms with Crippen LogP contribution in [0.1, 0.15) is 43.2 Å². The largest absolute Gasteiger partial charge is 0.351 e. The van der Waals surface area contributed by atoms with Gasteiger partial charge in [-0.3, -0.25) is 24.1 Å². The lowest BCUT2D eigenvalue weighted by molar-refractivity contribution is -0.130. The van der Waals surface area contributed by atoms with Gasteiger partial charge in [0.15, 0.2) is 0 Å². The molecule has 3 unspecified atom stereocenters. The van der Waals surface area contributed by atoms with E-state index in [4.69, 9.17) is 0 Å². The molecule has 1 saturated carbocycles. The Labute approximate surface area is 180 Å². The summed E-state index contributed by atoms with van der Waals surface area (Å²) in [6.45, 7) is 4.38. The van der Waals surface area contributed by atoms with Gasteiger partial charge in [0.05, 0.1) is 17.7 Å². The van der Waals surface area contributed by atoms with Crippen LogP contribution in [-0.4, -0.2) is 52.2 Å². The monoisotopic (exact) mass is 429 g/mol. The Balaban J connectivity index is 1.44. The van der Waals surface area contributed by atoms with Gasteiger partial charge < -0.3 is 10.2 Å². The molecule has 2 heterocycles. The van der Waals surface area contributed by atoms with Crippen LogP contribution in [0.2, 0.25) is 0 Å². The summed E-state index contributed by atoms with van der Waals surface area (Å²) in [6.07, 6.45) is 3.50. The third-order valence-corrected chi connectivity index (χ3v) is 7.31. The summed E-state index contributed by atoms with van der Waals surface area (Å²) in [5.74, 6) is -0.648. The first-order chi connectivity index (χ1) is 14.3. The molecule has 1 N–H and O–H groups in total. The third kappa shape index (κ3) is 3.97. The third-order valence-electron chi connectivity index (χ3n) is 6.47. The Morgan fingerprint density at radius 2 is 1.83 bits per heavy atom. The molecule has 160 valence electrons. The molecule has 1 aliphatic carbocycles. The average molecular weight is 430 g/mol. The van der Waals surface area contributed by atoms with E-state index in [1.54, 1.807) is 4.90 Å². The highest BCUT2D eigenvalue weighted by Gasteiger charge is 2.42. The number of anilines is 1. The normalized spacial score (nSPS) is 27.1. The van der Waals surface area contributed by atoms with Crippen LogP contribution >= 0.6 is 11.8 Å². The molecule has 4 amide bonds. The van der Waals surface area contributed by atoms with E-state index in [0.717, 1.165) is 47.8 Å². The molecular weight excluding hydrogens is 402 g/mol. The van der Waals surface area contributed by atoms with Gasteiger partial charge in [-0.2, -0.15) is 0 Å². The van der Waals surface area contributed by atoms with Gasteiger partial charge >= 0.3 is 0 Å². The number of rotatable bonds is 4. The van der Waals surface area contributed by atoms with Crippen LogP contribution in [0.15, 0.2) is 18.2 Å². The van der Waals surface area contributed by atoms with E-state index in [9.17, 15) is 19.2 Å². The minimum absolute atomic E-state index is 0.0557. The van der Waals surface area contributed by atoms with Crippen LogP contribution in [0.3, 0.4) is 0 Å². The number of hydrogen-bond donors (Lipinski definition) is 1. The minimum atomic E-state index is -0.430. The Kier molecular flexibility index (Phi) is 5.86. The van der Waals surface area contributed by atoms with Crippen molar-refractivity contribution in [3.05, 3.63) is 29.3 Å². The van der Waals surface area contributed by atoms with Crippen LogP contribution in [-0.2, 0) is 14.4 Å². The van der Waals surface area contributed by atoms with Crippen molar-refractivity contribution in [3.8, 4) is 0 Å². The van der Waals surface area contributed by atoms with Gasteiger partial charge in [-0.1, -0.05) is 30.7 Å². The summed E-state index contributed by atoms with van der Waals surface area (Å²) in [4.78, 5) is 53.0. The molecular formula is C22H27N3O4S. The maximum atomic E-state index is 13.0. The van der Waals surface area contributed by atoms with Crippen molar-refractivity contribution in [2.45, 2.75) is 58.0 Å². The van der Waals surface area contributed by atoms with Crippen LogP contribution in [0.25, 0.3) is 0 Å². The molecule has 8 heteroatoms. The first kappa shape index (κ1) is 20.9. The highest BCUT2D eigenvalue weighted by molar-refractivity contribution is 8.14. The highest BCUT2D eigenvalue weighted by atomic mass is 32.2. The van der Waals surface area contributed by atoms with Crippen molar-refractivity contribution in [2.24, 2.45) is 5.92 Å². The quantitative estimate of drug-likeness (QED) is 0.795. The fraction of sp³-hybridized carbons (Fsp3) is 0.545. The van der Waals surface area contributed by atoms with E-state index in [-0.39, 0.29) is 47.2 Å². The number of thioether (sulfide) groups is 1. The Hall–Kier alpha value is -2.35. The smallest absolute Gasteiger partial charge is 0.289 e. The topological polar surface area (TPSA) is 86.8 Å². The maximum Gasteiger partial charge on any atom is 0.289 e. The van der Waals surface area contributed by atoms with Gasteiger partial charge in [-0.25, -0.2) is 0 Å². The summed E-state index contributed by atoms with van der Waals surface area (Å²) in [7, 11) is 0. The predicted octanol–water partition coefficient (Wildman–Crippen LogP) is 2.78. The molecule has 3 aliphatic rings. The molecule has 2 aliphatic heterocycles. The van der Waals surface area contributed by atoms with Crippen molar-refractivity contribution in [3.63, 3.8) is 0 Å². The summed E-state index contributed by atoms with van der Waals surface area (Å²) < 4.78 is 0. The Morgan fingerprint density at radius 3 is 2.53 bits per heavy atom. The second-order valence-electron chi connectivity index (χ2n) is 8.46. The van der Waals surface area contributed by atoms with E-state index in [1.807, 2.05) is 32.0 Å².